The van der Waals surface area contributed by atoms with Crippen LogP contribution in [0, 0.1) is 18.6 Å². The van der Waals surface area contributed by atoms with Gasteiger partial charge in [-0.3, -0.25) is 4.98 Å². The molecule has 0 bridgehead atoms. The summed E-state index contributed by atoms with van der Waals surface area (Å²) < 4.78 is 26.5. The molecule has 0 amide bonds. The van der Waals surface area contributed by atoms with Crippen LogP contribution in [0.15, 0.2) is 36.7 Å². The molecule has 1 N–H and O–H groups in total. The Bertz CT molecular complexity index is 543. The highest BCUT2D eigenvalue weighted by atomic mass is 19.2. The highest BCUT2D eigenvalue weighted by Gasteiger charge is 2.17. The molecule has 0 saturated carbocycles. The van der Waals surface area contributed by atoms with E-state index in [1.165, 1.54) is 18.3 Å². The highest BCUT2D eigenvalue weighted by Crippen LogP contribution is 2.25. The second-order valence-corrected chi connectivity index (χ2v) is 3.84. The van der Waals surface area contributed by atoms with E-state index in [1.54, 1.807) is 12.3 Å². The normalized spacial score (nSPS) is 12.5. The Labute approximate surface area is 97.6 Å². The number of benzene rings is 1. The lowest BCUT2D eigenvalue weighted by molar-refractivity contribution is 0.213. The number of aliphatic hydroxyl groups is 1. The van der Waals surface area contributed by atoms with Crippen molar-refractivity contribution in [2.45, 2.75) is 13.0 Å². The number of nitrogens with zero attached hydrogens (tertiary/aromatic N) is 1. The zero-order valence-corrected chi connectivity index (χ0v) is 9.19. The Balaban J connectivity index is 2.44. The molecule has 1 heterocycles. The summed E-state index contributed by atoms with van der Waals surface area (Å²) in [7, 11) is 0. The Morgan fingerprint density at radius 2 is 2.00 bits per heavy atom. The van der Waals surface area contributed by atoms with Crippen LogP contribution in [0.1, 0.15) is 22.8 Å². The number of aromatic nitrogens is 1. The number of hydrogen-bond acceptors (Lipinski definition) is 2. The first kappa shape index (κ1) is 11.7. The predicted octanol–water partition coefficient (Wildman–Crippen LogP) is 2.75. The molecule has 4 heteroatoms. The van der Waals surface area contributed by atoms with Gasteiger partial charge < -0.3 is 5.11 Å². The van der Waals surface area contributed by atoms with E-state index >= 15 is 0 Å². The van der Waals surface area contributed by atoms with Gasteiger partial charge in [0.2, 0.25) is 0 Å². The van der Waals surface area contributed by atoms with E-state index in [0.717, 1.165) is 11.6 Å². The van der Waals surface area contributed by atoms with E-state index in [1.807, 2.05) is 6.92 Å². The Morgan fingerprint density at radius 3 is 2.71 bits per heavy atom. The molecule has 1 aromatic carbocycles. The third-order valence-electron chi connectivity index (χ3n) is 2.49. The minimum Gasteiger partial charge on any atom is -0.383 e. The van der Waals surface area contributed by atoms with Gasteiger partial charge in [0.05, 0.1) is 0 Å². The van der Waals surface area contributed by atoms with Crippen molar-refractivity contribution in [3.05, 3.63) is 65.0 Å². The molecule has 0 spiro atoms. The lowest BCUT2D eigenvalue weighted by Gasteiger charge is -2.12. The maximum absolute atomic E-state index is 13.5. The van der Waals surface area contributed by atoms with Gasteiger partial charge in [-0.25, -0.2) is 8.78 Å². The van der Waals surface area contributed by atoms with Crippen LogP contribution in [-0.4, -0.2) is 10.1 Å². The fourth-order valence-electron chi connectivity index (χ4n) is 1.64. The van der Waals surface area contributed by atoms with Crippen LogP contribution in [0.3, 0.4) is 0 Å². The SMILES string of the molecule is Cc1cncc(C(O)c2cccc(F)c2F)c1. The average molecular weight is 235 g/mol. The molecule has 17 heavy (non-hydrogen) atoms. The fraction of sp³-hybridized carbons (Fsp3) is 0.154. The number of aliphatic hydroxyl groups excluding tert-OH is 1. The molecule has 2 rings (SSSR count). The third-order valence-corrected chi connectivity index (χ3v) is 2.49. The van der Waals surface area contributed by atoms with Gasteiger partial charge in [0.1, 0.15) is 6.10 Å². The maximum atomic E-state index is 13.5. The van der Waals surface area contributed by atoms with E-state index in [0.29, 0.717) is 5.56 Å². The van der Waals surface area contributed by atoms with Gasteiger partial charge in [-0.15, -0.1) is 0 Å². The zero-order chi connectivity index (χ0) is 12.4. The van der Waals surface area contributed by atoms with Gasteiger partial charge in [-0.1, -0.05) is 18.2 Å². The van der Waals surface area contributed by atoms with E-state index in [2.05, 4.69) is 4.98 Å². The molecule has 0 saturated heterocycles. The predicted molar refractivity (Wildman–Crippen MR) is 59.4 cm³/mol. The largest absolute Gasteiger partial charge is 0.383 e. The van der Waals surface area contributed by atoms with Crippen LogP contribution in [0.5, 0.6) is 0 Å². The smallest absolute Gasteiger partial charge is 0.164 e. The molecule has 0 aliphatic heterocycles. The van der Waals surface area contributed by atoms with Crippen molar-refractivity contribution in [1.29, 1.82) is 0 Å². The minimum absolute atomic E-state index is 0.0857. The summed E-state index contributed by atoms with van der Waals surface area (Å²) in [6.45, 7) is 1.81. The lowest BCUT2D eigenvalue weighted by Crippen LogP contribution is -2.04. The summed E-state index contributed by atoms with van der Waals surface area (Å²) >= 11 is 0. The van der Waals surface area contributed by atoms with Crippen molar-refractivity contribution >= 4 is 0 Å². The van der Waals surface area contributed by atoms with Crippen molar-refractivity contribution in [1.82, 2.24) is 4.98 Å². The standard InChI is InChI=1S/C13H11F2NO/c1-8-5-9(7-16-6-8)13(17)10-3-2-4-11(14)12(10)15/h2-7,13,17H,1H3. The van der Waals surface area contributed by atoms with E-state index in [4.69, 9.17) is 0 Å². The number of pyridine rings is 1. The van der Waals surface area contributed by atoms with Crippen molar-refractivity contribution in [3.8, 4) is 0 Å². The molecule has 2 aromatic rings. The first-order valence-electron chi connectivity index (χ1n) is 5.13. The Morgan fingerprint density at radius 1 is 1.24 bits per heavy atom. The molecule has 1 aromatic heterocycles. The molecule has 1 unspecified atom stereocenters. The molecule has 2 nitrogen and oxygen atoms in total. The number of aryl methyl sites for hydroxylation is 1. The second kappa shape index (κ2) is 4.59. The average Bonchev–Trinajstić information content (AvgIpc) is 2.32. The zero-order valence-electron chi connectivity index (χ0n) is 9.19. The van der Waals surface area contributed by atoms with E-state index in [9.17, 15) is 13.9 Å². The number of halogens is 2. The first-order valence-corrected chi connectivity index (χ1v) is 5.13. The highest BCUT2D eigenvalue weighted by molar-refractivity contribution is 5.31. The first-order chi connectivity index (χ1) is 8.09. The van der Waals surface area contributed by atoms with Gasteiger partial charge in [0, 0.05) is 23.5 Å². The van der Waals surface area contributed by atoms with Gasteiger partial charge >= 0.3 is 0 Å². The molecule has 0 radical (unpaired) electrons. The summed E-state index contributed by atoms with van der Waals surface area (Å²) in [6.07, 6.45) is 1.85. The van der Waals surface area contributed by atoms with Gasteiger partial charge in [-0.05, 0) is 18.6 Å². The molecule has 1 atom stereocenters. The van der Waals surface area contributed by atoms with Crippen molar-refractivity contribution in [2.75, 3.05) is 0 Å². The summed E-state index contributed by atoms with van der Waals surface area (Å²) in [5.41, 5.74) is 1.20. The fourth-order valence-corrected chi connectivity index (χ4v) is 1.64. The Kier molecular flexibility index (Phi) is 3.15. The van der Waals surface area contributed by atoms with Gasteiger partial charge in [0.15, 0.2) is 11.6 Å². The molecule has 0 fully saturated rings. The number of rotatable bonds is 2. The van der Waals surface area contributed by atoms with Crippen LogP contribution >= 0.6 is 0 Å². The van der Waals surface area contributed by atoms with E-state index < -0.39 is 17.7 Å². The maximum Gasteiger partial charge on any atom is 0.164 e. The topological polar surface area (TPSA) is 33.1 Å². The van der Waals surface area contributed by atoms with E-state index in [-0.39, 0.29) is 5.56 Å². The summed E-state index contributed by atoms with van der Waals surface area (Å²) in [6, 6.07) is 5.41. The second-order valence-electron chi connectivity index (χ2n) is 3.84. The van der Waals surface area contributed by atoms with Crippen LogP contribution in [0.2, 0.25) is 0 Å². The third kappa shape index (κ3) is 2.31. The molecular weight excluding hydrogens is 224 g/mol. The molecule has 0 aliphatic rings. The van der Waals surface area contributed by atoms with Gasteiger partial charge in [0.25, 0.3) is 0 Å². The quantitative estimate of drug-likeness (QED) is 0.868. The van der Waals surface area contributed by atoms with Crippen molar-refractivity contribution in [2.24, 2.45) is 0 Å². The van der Waals surface area contributed by atoms with Crippen molar-refractivity contribution in [3.63, 3.8) is 0 Å². The minimum atomic E-state index is -1.21. The van der Waals surface area contributed by atoms with Crippen molar-refractivity contribution < 1.29 is 13.9 Å². The molecule has 88 valence electrons. The van der Waals surface area contributed by atoms with Crippen LogP contribution in [0.25, 0.3) is 0 Å². The Hall–Kier alpha value is -1.81. The summed E-state index contributed by atoms with van der Waals surface area (Å²) in [5, 5.41) is 9.97. The lowest BCUT2D eigenvalue weighted by atomic mass is 10.0. The molecular formula is C13H11F2NO. The monoisotopic (exact) mass is 235 g/mol. The summed E-state index contributed by atoms with van der Waals surface area (Å²) in [5.74, 6) is -2.00. The number of hydrogen-bond donors (Lipinski definition) is 1. The van der Waals surface area contributed by atoms with Crippen LogP contribution < -0.4 is 0 Å². The van der Waals surface area contributed by atoms with Crippen LogP contribution in [-0.2, 0) is 0 Å². The van der Waals surface area contributed by atoms with Gasteiger partial charge in [-0.2, -0.15) is 0 Å². The molecule has 0 aliphatic carbocycles. The van der Waals surface area contributed by atoms with Crippen LogP contribution in [0.4, 0.5) is 8.78 Å². The summed E-state index contributed by atoms with van der Waals surface area (Å²) in [4.78, 5) is 3.91.